The van der Waals surface area contributed by atoms with E-state index in [4.69, 9.17) is 9.41 Å². The molecule has 0 radical (unpaired) electrons. The first-order chi connectivity index (χ1) is 11.6. The van der Waals surface area contributed by atoms with Crippen molar-refractivity contribution in [1.82, 2.24) is 4.90 Å². The maximum atomic E-state index is 5.27. The Morgan fingerprint density at radius 2 is 1.88 bits per heavy atom. The first-order valence-electron chi connectivity index (χ1n) is 8.12. The third kappa shape index (κ3) is 2.44. The molecule has 122 valence electrons. The maximum absolute atomic E-state index is 5.27. The standard InChI is InChI=1S/C20H21N3O/c1-22(2)17-6-4-14(5-7-17)16-10-18-19(15-8-9-24-13-15)12-23(3)20(18)21-11-16/h4-13,18,20H,1-3H3. The van der Waals surface area contributed by atoms with E-state index in [9.17, 15) is 0 Å². The van der Waals surface area contributed by atoms with Gasteiger partial charge in [0.05, 0.1) is 12.5 Å². The van der Waals surface area contributed by atoms with Crippen LogP contribution in [-0.4, -0.2) is 38.4 Å². The van der Waals surface area contributed by atoms with E-state index in [0.29, 0.717) is 0 Å². The van der Waals surface area contributed by atoms with Gasteiger partial charge in [0.15, 0.2) is 0 Å². The van der Waals surface area contributed by atoms with Gasteiger partial charge in [0.2, 0.25) is 0 Å². The monoisotopic (exact) mass is 319 g/mol. The minimum atomic E-state index is 0.139. The highest BCUT2D eigenvalue weighted by molar-refractivity contribution is 6.11. The molecule has 0 saturated carbocycles. The van der Waals surface area contributed by atoms with Crippen LogP contribution in [-0.2, 0) is 0 Å². The molecular formula is C20H21N3O. The Balaban J connectivity index is 1.67. The average molecular weight is 319 g/mol. The Bertz CT molecular complexity index is 813. The van der Waals surface area contributed by atoms with Crippen molar-refractivity contribution in [2.75, 3.05) is 26.0 Å². The predicted molar refractivity (Wildman–Crippen MR) is 99.0 cm³/mol. The summed E-state index contributed by atoms with van der Waals surface area (Å²) in [6.07, 6.45) is 10.2. The molecule has 0 fully saturated rings. The zero-order valence-electron chi connectivity index (χ0n) is 14.2. The summed E-state index contributed by atoms with van der Waals surface area (Å²) >= 11 is 0. The molecule has 1 aromatic heterocycles. The van der Waals surface area contributed by atoms with Crippen LogP contribution in [0.3, 0.4) is 0 Å². The van der Waals surface area contributed by atoms with Gasteiger partial charge in [-0.05, 0) is 34.9 Å². The van der Waals surface area contributed by atoms with Crippen LogP contribution in [0.1, 0.15) is 11.1 Å². The van der Waals surface area contributed by atoms with Gasteiger partial charge in [-0.25, -0.2) is 0 Å². The summed E-state index contributed by atoms with van der Waals surface area (Å²) in [6, 6.07) is 10.6. The molecule has 2 aliphatic heterocycles. The fourth-order valence-electron chi connectivity index (χ4n) is 3.38. The largest absolute Gasteiger partial charge is 0.472 e. The minimum absolute atomic E-state index is 0.139. The third-order valence-electron chi connectivity index (χ3n) is 4.74. The molecule has 2 aromatic rings. The highest BCUT2D eigenvalue weighted by Gasteiger charge is 2.34. The van der Waals surface area contributed by atoms with Gasteiger partial charge in [-0.15, -0.1) is 0 Å². The van der Waals surface area contributed by atoms with E-state index in [-0.39, 0.29) is 12.1 Å². The normalized spacial score (nSPS) is 22.2. The fraction of sp³-hybridized carbons (Fsp3) is 0.250. The molecule has 1 aromatic carbocycles. The summed E-state index contributed by atoms with van der Waals surface area (Å²) in [5.41, 5.74) is 5.96. The van der Waals surface area contributed by atoms with Crippen LogP contribution in [0.4, 0.5) is 5.69 Å². The van der Waals surface area contributed by atoms with Gasteiger partial charge >= 0.3 is 0 Å². The van der Waals surface area contributed by atoms with Gasteiger partial charge in [-0.2, -0.15) is 0 Å². The maximum Gasteiger partial charge on any atom is 0.130 e. The Kier molecular flexibility index (Phi) is 3.53. The Morgan fingerprint density at radius 1 is 1.08 bits per heavy atom. The van der Waals surface area contributed by atoms with E-state index < -0.39 is 0 Å². The summed E-state index contributed by atoms with van der Waals surface area (Å²) in [5.74, 6) is 0.251. The molecular weight excluding hydrogens is 298 g/mol. The molecule has 2 unspecified atom stereocenters. The summed E-state index contributed by atoms with van der Waals surface area (Å²) in [4.78, 5) is 9.07. The number of furan rings is 1. The lowest BCUT2D eigenvalue weighted by atomic mass is 9.89. The van der Waals surface area contributed by atoms with E-state index in [2.05, 4.69) is 67.5 Å². The number of aliphatic imine (C=N–C) groups is 1. The number of benzene rings is 1. The van der Waals surface area contributed by atoms with Gasteiger partial charge in [-0.3, -0.25) is 4.99 Å². The number of anilines is 1. The SMILES string of the molecule is CN(C)c1ccc(C2=CC3C(c4ccoc4)=CN(C)C3N=C2)cc1. The molecule has 2 atom stereocenters. The zero-order chi connectivity index (χ0) is 16.7. The van der Waals surface area contributed by atoms with E-state index >= 15 is 0 Å². The van der Waals surface area contributed by atoms with Gasteiger partial charge in [-0.1, -0.05) is 18.2 Å². The molecule has 0 spiro atoms. The fourth-order valence-corrected chi connectivity index (χ4v) is 3.38. The molecule has 4 nitrogen and oxygen atoms in total. The molecule has 2 aliphatic rings. The molecule has 0 saturated heterocycles. The second kappa shape index (κ2) is 5.71. The molecule has 0 aliphatic carbocycles. The second-order valence-electron chi connectivity index (χ2n) is 6.54. The van der Waals surface area contributed by atoms with Gasteiger partial charge in [0, 0.05) is 50.7 Å². The van der Waals surface area contributed by atoms with Crippen molar-refractivity contribution < 1.29 is 4.42 Å². The highest BCUT2D eigenvalue weighted by Crippen LogP contribution is 2.39. The topological polar surface area (TPSA) is 32.0 Å². The van der Waals surface area contributed by atoms with E-state index in [1.807, 2.05) is 12.3 Å². The lowest BCUT2D eigenvalue weighted by Crippen LogP contribution is -2.28. The van der Waals surface area contributed by atoms with Crippen LogP contribution >= 0.6 is 0 Å². The lowest BCUT2D eigenvalue weighted by Gasteiger charge is -2.25. The van der Waals surface area contributed by atoms with Crippen molar-refractivity contribution in [2.24, 2.45) is 10.9 Å². The van der Waals surface area contributed by atoms with Crippen LogP contribution < -0.4 is 4.90 Å². The van der Waals surface area contributed by atoms with E-state index in [1.165, 1.54) is 22.4 Å². The van der Waals surface area contributed by atoms with Crippen LogP contribution in [0.15, 0.2) is 64.5 Å². The number of dihydropyridines is 1. The number of hydrogen-bond acceptors (Lipinski definition) is 4. The number of nitrogens with zero attached hydrogens (tertiary/aromatic N) is 3. The van der Waals surface area contributed by atoms with Crippen molar-refractivity contribution in [3.63, 3.8) is 0 Å². The number of rotatable bonds is 3. The molecule has 0 amide bonds. The smallest absolute Gasteiger partial charge is 0.130 e. The summed E-state index contributed by atoms with van der Waals surface area (Å²) in [5, 5.41) is 0. The Labute approximate surface area is 142 Å². The Hall–Kier alpha value is -2.75. The van der Waals surface area contributed by atoms with Crippen LogP contribution in [0.2, 0.25) is 0 Å². The van der Waals surface area contributed by atoms with Crippen molar-refractivity contribution in [1.29, 1.82) is 0 Å². The number of fused-ring (bicyclic) bond motifs is 1. The summed E-state index contributed by atoms with van der Waals surface area (Å²) in [7, 11) is 6.18. The number of hydrogen-bond donors (Lipinski definition) is 0. The molecule has 0 bridgehead atoms. The molecule has 3 heterocycles. The number of allylic oxidation sites excluding steroid dienone is 1. The molecule has 0 N–H and O–H groups in total. The van der Waals surface area contributed by atoms with Crippen LogP contribution in [0.5, 0.6) is 0 Å². The van der Waals surface area contributed by atoms with Gasteiger partial charge < -0.3 is 14.2 Å². The quantitative estimate of drug-likeness (QED) is 0.864. The van der Waals surface area contributed by atoms with Crippen molar-refractivity contribution >= 4 is 23.0 Å². The summed E-state index contributed by atoms with van der Waals surface area (Å²) < 4.78 is 5.27. The highest BCUT2D eigenvalue weighted by atomic mass is 16.3. The first-order valence-corrected chi connectivity index (χ1v) is 8.12. The van der Waals surface area contributed by atoms with Crippen molar-refractivity contribution in [3.05, 3.63) is 66.3 Å². The first kappa shape index (κ1) is 14.8. The van der Waals surface area contributed by atoms with Crippen molar-refractivity contribution in [3.8, 4) is 0 Å². The van der Waals surface area contributed by atoms with Crippen molar-refractivity contribution in [2.45, 2.75) is 6.17 Å². The predicted octanol–water partition coefficient (Wildman–Crippen LogP) is 3.74. The van der Waals surface area contributed by atoms with E-state index in [0.717, 1.165) is 5.56 Å². The van der Waals surface area contributed by atoms with E-state index in [1.54, 1.807) is 12.5 Å². The molecule has 24 heavy (non-hydrogen) atoms. The zero-order valence-corrected chi connectivity index (χ0v) is 14.2. The second-order valence-corrected chi connectivity index (χ2v) is 6.54. The van der Waals surface area contributed by atoms with Gasteiger partial charge in [0.1, 0.15) is 6.17 Å². The third-order valence-corrected chi connectivity index (χ3v) is 4.74. The van der Waals surface area contributed by atoms with Gasteiger partial charge in [0.25, 0.3) is 0 Å². The molecule has 4 heteroatoms. The summed E-state index contributed by atoms with van der Waals surface area (Å²) in [6.45, 7) is 0. The minimum Gasteiger partial charge on any atom is -0.472 e. The van der Waals surface area contributed by atoms with Crippen LogP contribution in [0, 0.1) is 5.92 Å². The molecule has 4 rings (SSSR count). The Morgan fingerprint density at radius 3 is 2.54 bits per heavy atom. The van der Waals surface area contributed by atoms with Crippen LogP contribution in [0.25, 0.3) is 11.1 Å². The lowest BCUT2D eigenvalue weighted by molar-refractivity contribution is 0.336. The average Bonchev–Trinajstić information content (AvgIpc) is 3.23.